The maximum absolute atomic E-state index is 9.67. The molecule has 1 fully saturated rings. The van der Waals surface area contributed by atoms with Crippen molar-refractivity contribution in [1.82, 2.24) is 0 Å². The van der Waals surface area contributed by atoms with Crippen molar-refractivity contribution in [2.45, 2.75) is 12.2 Å². The van der Waals surface area contributed by atoms with Gasteiger partial charge in [0.1, 0.15) is 6.29 Å². The molecular formula is C4H6O3. The van der Waals surface area contributed by atoms with Gasteiger partial charge in [-0.2, -0.15) is 0 Å². The summed E-state index contributed by atoms with van der Waals surface area (Å²) in [5.74, 6) is -0.500. The highest BCUT2D eigenvalue weighted by atomic mass is 16.4. The zero-order valence-corrected chi connectivity index (χ0v) is 3.61. The Hall–Kier alpha value is -0.410. The average Bonchev–Trinajstić information content (AvgIpc) is 2.17. The highest BCUT2D eigenvalue weighted by Gasteiger charge is 2.47. The van der Waals surface area contributed by atoms with Crippen LogP contribution in [0.1, 0.15) is 0 Å². The van der Waals surface area contributed by atoms with Crippen LogP contribution in [-0.2, 0) is 4.79 Å². The number of aldehydes is 1. The molecular weight excluding hydrogens is 96.0 g/mol. The van der Waals surface area contributed by atoms with Gasteiger partial charge in [0.25, 0.3) is 0 Å². The zero-order valence-electron chi connectivity index (χ0n) is 3.61. The number of carbonyl (C=O) groups excluding carboxylic acids is 1. The molecule has 0 aliphatic heterocycles. The van der Waals surface area contributed by atoms with E-state index in [-0.39, 0.29) is 0 Å². The predicted molar refractivity (Wildman–Crippen MR) is 21.6 cm³/mol. The van der Waals surface area contributed by atoms with Crippen LogP contribution in [0.15, 0.2) is 0 Å². The van der Waals surface area contributed by atoms with Gasteiger partial charge in [-0.15, -0.1) is 0 Å². The lowest BCUT2D eigenvalue weighted by molar-refractivity contribution is -0.109. The van der Waals surface area contributed by atoms with Gasteiger partial charge < -0.3 is 15.0 Å². The number of hydrogen-bond donors (Lipinski definition) is 2. The van der Waals surface area contributed by atoms with Gasteiger partial charge in [-0.1, -0.05) is 0 Å². The highest BCUT2D eigenvalue weighted by Crippen LogP contribution is 2.27. The normalized spacial score (nSPS) is 48.6. The van der Waals surface area contributed by atoms with Crippen molar-refractivity contribution in [3.05, 3.63) is 0 Å². The Kier molecular flexibility index (Phi) is 0.867. The molecule has 0 heterocycles. The molecule has 0 bridgehead atoms. The van der Waals surface area contributed by atoms with E-state index in [4.69, 9.17) is 10.2 Å². The molecule has 0 spiro atoms. The van der Waals surface area contributed by atoms with Gasteiger partial charge in [0, 0.05) is 0 Å². The van der Waals surface area contributed by atoms with E-state index < -0.39 is 18.1 Å². The minimum atomic E-state index is -0.780. The summed E-state index contributed by atoms with van der Waals surface area (Å²) in [5.41, 5.74) is 0. The van der Waals surface area contributed by atoms with E-state index in [0.29, 0.717) is 6.29 Å². The summed E-state index contributed by atoms with van der Waals surface area (Å²) < 4.78 is 0. The zero-order chi connectivity index (χ0) is 5.44. The smallest absolute Gasteiger partial charge is 0.128 e. The molecule has 0 aromatic rings. The number of hydrogen-bond acceptors (Lipinski definition) is 3. The second-order valence-corrected chi connectivity index (χ2v) is 1.69. The minimum absolute atomic E-state index is 0.500. The molecule has 2 atom stereocenters. The van der Waals surface area contributed by atoms with Crippen molar-refractivity contribution < 1.29 is 15.0 Å². The van der Waals surface area contributed by atoms with Gasteiger partial charge in [0.05, 0.1) is 18.1 Å². The molecule has 1 aliphatic carbocycles. The Morgan fingerprint density at radius 3 is 1.71 bits per heavy atom. The van der Waals surface area contributed by atoms with Gasteiger partial charge in [-0.3, -0.25) is 0 Å². The molecule has 2 N–H and O–H groups in total. The van der Waals surface area contributed by atoms with E-state index in [1.807, 2.05) is 0 Å². The van der Waals surface area contributed by atoms with Crippen LogP contribution in [0.3, 0.4) is 0 Å². The first-order chi connectivity index (χ1) is 3.27. The number of carbonyl (C=O) groups is 1. The van der Waals surface area contributed by atoms with Crippen molar-refractivity contribution in [2.75, 3.05) is 0 Å². The third-order valence-electron chi connectivity index (χ3n) is 1.15. The van der Waals surface area contributed by atoms with E-state index in [2.05, 4.69) is 0 Å². The third kappa shape index (κ3) is 0.536. The largest absolute Gasteiger partial charge is 0.390 e. The van der Waals surface area contributed by atoms with Crippen LogP contribution in [0, 0.1) is 5.92 Å². The van der Waals surface area contributed by atoms with Gasteiger partial charge in [0.2, 0.25) is 0 Å². The van der Waals surface area contributed by atoms with Crippen LogP contribution in [0.5, 0.6) is 0 Å². The van der Waals surface area contributed by atoms with Crippen LogP contribution < -0.4 is 0 Å². The third-order valence-corrected chi connectivity index (χ3v) is 1.15. The van der Waals surface area contributed by atoms with Crippen LogP contribution >= 0.6 is 0 Å². The molecule has 0 amide bonds. The first-order valence-corrected chi connectivity index (χ1v) is 2.09. The Morgan fingerprint density at radius 1 is 1.29 bits per heavy atom. The fraction of sp³-hybridized carbons (Fsp3) is 0.750. The predicted octanol–water partition coefficient (Wildman–Crippen LogP) is -1.46. The standard InChI is InChI=1S/C4H6O3/c5-1-2-3(6)4(2)7/h1-4,6-7H. The Labute approximate surface area is 40.6 Å². The quantitative estimate of drug-likeness (QED) is 0.398. The Balaban J connectivity index is 2.37. The lowest BCUT2D eigenvalue weighted by atomic mass is 10.5. The summed E-state index contributed by atoms with van der Waals surface area (Å²) in [6, 6.07) is 0. The van der Waals surface area contributed by atoms with Crippen molar-refractivity contribution in [3.8, 4) is 0 Å². The molecule has 0 aromatic carbocycles. The van der Waals surface area contributed by atoms with Gasteiger partial charge >= 0.3 is 0 Å². The summed E-state index contributed by atoms with van der Waals surface area (Å²) in [4.78, 5) is 9.67. The minimum Gasteiger partial charge on any atom is -0.390 e. The van der Waals surface area contributed by atoms with Crippen LogP contribution in [0.4, 0.5) is 0 Å². The first kappa shape index (κ1) is 4.74. The second kappa shape index (κ2) is 1.28. The van der Waals surface area contributed by atoms with E-state index in [1.54, 1.807) is 0 Å². The summed E-state index contributed by atoms with van der Waals surface area (Å²) >= 11 is 0. The Bertz CT molecular complexity index is 82.9. The summed E-state index contributed by atoms with van der Waals surface area (Å²) in [5, 5.41) is 16.8. The van der Waals surface area contributed by atoms with Gasteiger partial charge in [-0.25, -0.2) is 0 Å². The van der Waals surface area contributed by atoms with Crippen LogP contribution in [0.25, 0.3) is 0 Å². The van der Waals surface area contributed by atoms with Crippen molar-refractivity contribution in [2.24, 2.45) is 5.92 Å². The van der Waals surface area contributed by atoms with E-state index >= 15 is 0 Å². The molecule has 2 unspecified atom stereocenters. The molecule has 7 heavy (non-hydrogen) atoms. The molecule has 40 valence electrons. The van der Waals surface area contributed by atoms with Crippen LogP contribution in [-0.4, -0.2) is 28.7 Å². The summed E-state index contributed by atoms with van der Waals surface area (Å²) in [7, 11) is 0. The fourth-order valence-corrected chi connectivity index (χ4v) is 0.462. The molecule has 3 nitrogen and oxygen atoms in total. The Morgan fingerprint density at radius 2 is 1.71 bits per heavy atom. The molecule has 0 aromatic heterocycles. The maximum atomic E-state index is 9.67. The maximum Gasteiger partial charge on any atom is 0.128 e. The number of aliphatic hydroxyl groups excluding tert-OH is 2. The van der Waals surface area contributed by atoms with Gasteiger partial charge in [0.15, 0.2) is 0 Å². The monoisotopic (exact) mass is 102 g/mol. The molecule has 0 saturated heterocycles. The SMILES string of the molecule is O=CC1C(O)C1O. The average molecular weight is 102 g/mol. The molecule has 0 radical (unpaired) electrons. The lowest BCUT2D eigenvalue weighted by Crippen LogP contribution is -1.85. The highest BCUT2D eigenvalue weighted by molar-refractivity contribution is 5.61. The van der Waals surface area contributed by atoms with E-state index in [1.165, 1.54) is 0 Å². The topological polar surface area (TPSA) is 57.5 Å². The molecule has 1 aliphatic rings. The number of aliphatic hydroxyl groups is 2. The lowest BCUT2D eigenvalue weighted by Gasteiger charge is -1.68. The van der Waals surface area contributed by atoms with Crippen molar-refractivity contribution in [3.63, 3.8) is 0 Å². The second-order valence-electron chi connectivity index (χ2n) is 1.69. The molecule has 3 heteroatoms. The van der Waals surface area contributed by atoms with E-state index in [9.17, 15) is 4.79 Å². The van der Waals surface area contributed by atoms with Crippen molar-refractivity contribution in [1.29, 1.82) is 0 Å². The van der Waals surface area contributed by atoms with E-state index in [0.717, 1.165) is 0 Å². The van der Waals surface area contributed by atoms with Crippen molar-refractivity contribution >= 4 is 6.29 Å². The summed E-state index contributed by atoms with van der Waals surface area (Å²) in [6.45, 7) is 0. The molecule has 1 rings (SSSR count). The summed E-state index contributed by atoms with van der Waals surface area (Å²) in [6.07, 6.45) is -0.995. The molecule has 1 saturated carbocycles. The fourth-order valence-electron chi connectivity index (χ4n) is 0.462. The van der Waals surface area contributed by atoms with Crippen LogP contribution in [0.2, 0.25) is 0 Å². The number of rotatable bonds is 1. The van der Waals surface area contributed by atoms with Gasteiger partial charge in [-0.05, 0) is 0 Å². The first-order valence-electron chi connectivity index (χ1n) is 2.09.